The smallest absolute Gasteiger partial charge is 0.321 e. The largest absolute Gasteiger partial charge is 0.480 e. The fourth-order valence-corrected chi connectivity index (χ4v) is 1.79. The molecule has 1 saturated heterocycles. The molecule has 0 spiro atoms. The van der Waals surface area contributed by atoms with Crippen LogP contribution in [0, 0.1) is 0 Å². The zero-order valence-corrected chi connectivity index (χ0v) is 8.32. The maximum atomic E-state index is 10.9. The van der Waals surface area contributed by atoms with Gasteiger partial charge in [0.25, 0.3) is 0 Å². The van der Waals surface area contributed by atoms with Crippen molar-refractivity contribution in [2.75, 3.05) is 6.54 Å². The Morgan fingerprint density at radius 3 is 2.31 bits per heavy atom. The Labute approximate surface area is 78.2 Å². The molecule has 0 aromatic carbocycles. The fourth-order valence-electron chi connectivity index (χ4n) is 1.79. The zero-order valence-electron chi connectivity index (χ0n) is 8.32. The number of rotatable bonds is 1. The van der Waals surface area contributed by atoms with Gasteiger partial charge in [0.2, 0.25) is 0 Å². The minimum absolute atomic E-state index is 0.194. The molecule has 4 heteroatoms. The van der Waals surface area contributed by atoms with Crippen molar-refractivity contribution in [2.45, 2.75) is 44.9 Å². The van der Waals surface area contributed by atoms with Gasteiger partial charge in [-0.3, -0.25) is 9.69 Å². The van der Waals surface area contributed by atoms with Crippen LogP contribution in [0.2, 0.25) is 0 Å². The average molecular weight is 187 g/mol. The Hall–Kier alpha value is -0.610. The molecule has 1 aliphatic rings. The summed E-state index contributed by atoms with van der Waals surface area (Å²) >= 11 is 0. The van der Waals surface area contributed by atoms with Gasteiger partial charge in [-0.25, -0.2) is 0 Å². The van der Waals surface area contributed by atoms with Crippen LogP contribution < -0.4 is 0 Å². The highest BCUT2D eigenvalue weighted by molar-refractivity contribution is 5.74. The highest BCUT2D eigenvalue weighted by Gasteiger charge is 2.41. The molecule has 2 N–H and O–H groups in total. The van der Waals surface area contributed by atoms with Crippen LogP contribution in [0.25, 0.3) is 0 Å². The Bertz CT molecular complexity index is 209. The number of carboxylic acid groups (broad SMARTS) is 1. The van der Waals surface area contributed by atoms with E-state index in [1.807, 2.05) is 25.7 Å². The number of hydrogen-bond donors (Lipinski definition) is 2. The van der Waals surface area contributed by atoms with E-state index in [1.165, 1.54) is 0 Å². The summed E-state index contributed by atoms with van der Waals surface area (Å²) in [6.45, 7) is 6.34. The van der Waals surface area contributed by atoms with Crippen molar-refractivity contribution < 1.29 is 15.0 Å². The van der Waals surface area contributed by atoms with E-state index in [-0.39, 0.29) is 5.54 Å². The van der Waals surface area contributed by atoms with E-state index in [2.05, 4.69) is 0 Å². The molecule has 76 valence electrons. The summed E-state index contributed by atoms with van der Waals surface area (Å²) < 4.78 is 0. The van der Waals surface area contributed by atoms with E-state index >= 15 is 0 Å². The number of aliphatic hydroxyl groups excluding tert-OH is 1. The summed E-state index contributed by atoms with van der Waals surface area (Å²) in [7, 11) is 0. The number of carbonyl (C=O) groups is 1. The highest BCUT2D eigenvalue weighted by Crippen LogP contribution is 2.26. The molecule has 0 amide bonds. The quantitative estimate of drug-likeness (QED) is 0.620. The Morgan fingerprint density at radius 1 is 1.46 bits per heavy atom. The molecule has 4 nitrogen and oxygen atoms in total. The van der Waals surface area contributed by atoms with E-state index in [0.717, 1.165) is 0 Å². The van der Waals surface area contributed by atoms with Gasteiger partial charge in [0.1, 0.15) is 6.04 Å². The lowest BCUT2D eigenvalue weighted by Gasteiger charge is -2.34. The minimum Gasteiger partial charge on any atom is -0.480 e. The average Bonchev–Trinajstić information content (AvgIpc) is 2.29. The van der Waals surface area contributed by atoms with Crippen LogP contribution in [0.4, 0.5) is 0 Å². The van der Waals surface area contributed by atoms with E-state index in [0.29, 0.717) is 13.0 Å². The first-order valence-corrected chi connectivity index (χ1v) is 4.50. The summed E-state index contributed by atoms with van der Waals surface area (Å²) in [6.07, 6.45) is -0.160. The van der Waals surface area contributed by atoms with E-state index in [1.54, 1.807) is 0 Å². The number of nitrogens with zero attached hydrogens (tertiary/aromatic N) is 1. The van der Waals surface area contributed by atoms with Gasteiger partial charge >= 0.3 is 5.97 Å². The van der Waals surface area contributed by atoms with E-state index in [4.69, 9.17) is 5.11 Å². The summed E-state index contributed by atoms with van der Waals surface area (Å²) in [5, 5.41) is 18.3. The maximum Gasteiger partial charge on any atom is 0.321 e. The number of hydrogen-bond acceptors (Lipinski definition) is 3. The Kier molecular flexibility index (Phi) is 2.63. The second-order valence-electron chi connectivity index (χ2n) is 4.57. The van der Waals surface area contributed by atoms with Crippen molar-refractivity contribution in [3.8, 4) is 0 Å². The van der Waals surface area contributed by atoms with Crippen molar-refractivity contribution in [2.24, 2.45) is 0 Å². The van der Waals surface area contributed by atoms with Crippen LogP contribution in [0.3, 0.4) is 0 Å². The van der Waals surface area contributed by atoms with Gasteiger partial charge in [0.05, 0.1) is 6.10 Å². The number of likely N-dealkylation sites (tertiary alicyclic amines) is 1. The van der Waals surface area contributed by atoms with Gasteiger partial charge in [-0.1, -0.05) is 0 Å². The second kappa shape index (κ2) is 3.27. The number of aliphatic carboxylic acids is 1. The first kappa shape index (κ1) is 10.5. The molecule has 1 heterocycles. The normalized spacial score (nSPS) is 30.8. The molecule has 0 unspecified atom stereocenters. The van der Waals surface area contributed by atoms with Crippen molar-refractivity contribution in [3.63, 3.8) is 0 Å². The van der Waals surface area contributed by atoms with E-state index < -0.39 is 18.1 Å². The van der Waals surface area contributed by atoms with Crippen molar-refractivity contribution in [1.29, 1.82) is 0 Å². The van der Waals surface area contributed by atoms with Crippen molar-refractivity contribution in [1.82, 2.24) is 4.90 Å². The first-order valence-electron chi connectivity index (χ1n) is 4.50. The van der Waals surface area contributed by atoms with Crippen molar-refractivity contribution >= 4 is 5.97 Å². The third-order valence-corrected chi connectivity index (χ3v) is 2.43. The molecule has 1 aliphatic heterocycles. The lowest BCUT2D eigenvalue weighted by atomic mass is 10.0. The molecule has 1 fully saturated rings. The van der Waals surface area contributed by atoms with Crippen LogP contribution in [-0.4, -0.2) is 45.3 Å². The highest BCUT2D eigenvalue weighted by atomic mass is 16.4. The monoisotopic (exact) mass is 187 g/mol. The third kappa shape index (κ3) is 2.19. The molecular weight excluding hydrogens is 170 g/mol. The predicted molar refractivity (Wildman–Crippen MR) is 48.5 cm³/mol. The molecule has 0 aromatic rings. The number of β-amino-alcohol motifs (C(OH)–C–C–N with tert-alkyl or cyclic N) is 1. The Balaban J connectivity index is 2.78. The maximum absolute atomic E-state index is 10.9. The van der Waals surface area contributed by atoms with Gasteiger partial charge in [-0.05, 0) is 20.8 Å². The number of aliphatic hydroxyl groups is 1. The van der Waals surface area contributed by atoms with Crippen LogP contribution in [0.1, 0.15) is 27.2 Å². The molecule has 0 radical (unpaired) electrons. The molecule has 2 atom stereocenters. The summed E-state index contributed by atoms with van der Waals surface area (Å²) in [4.78, 5) is 12.7. The van der Waals surface area contributed by atoms with Gasteiger partial charge < -0.3 is 10.2 Å². The second-order valence-corrected chi connectivity index (χ2v) is 4.57. The summed E-state index contributed by atoms with van der Waals surface area (Å²) in [5.41, 5.74) is -0.194. The van der Waals surface area contributed by atoms with Crippen LogP contribution in [0.5, 0.6) is 0 Å². The molecule has 13 heavy (non-hydrogen) atoms. The molecule has 0 aromatic heterocycles. The Morgan fingerprint density at radius 2 is 2.00 bits per heavy atom. The lowest BCUT2D eigenvalue weighted by molar-refractivity contribution is -0.143. The first-order chi connectivity index (χ1) is 5.82. The summed E-state index contributed by atoms with van der Waals surface area (Å²) in [6, 6.07) is -0.532. The standard InChI is InChI=1S/C9H17NO3/c1-9(2,3)10-5-6(11)4-7(10)8(12)13/h6-7,11H,4-5H2,1-3H3,(H,12,13)/t6-,7+/m1/s1. The summed E-state index contributed by atoms with van der Waals surface area (Å²) in [5.74, 6) is -0.841. The molecule has 1 rings (SSSR count). The molecule has 0 aliphatic carbocycles. The lowest BCUT2D eigenvalue weighted by Crippen LogP contribution is -2.48. The van der Waals surface area contributed by atoms with Gasteiger partial charge in [0.15, 0.2) is 0 Å². The van der Waals surface area contributed by atoms with Crippen molar-refractivity contribution in [3.05, 3.63) is 0 Å². The van der Waals surface area contributed by atoms with Crippen LogP contribution in [0.15, 0.2) is 0 Å². The zero-order chi connectivity index (χ0) is 10.2. The molecular formula is C9H17NO3. The SMILES string of the molecule is CC(C)(C)N1C[C@H](O)C[C@H]1C(=O)O. The molecule has 0 bridgehead atoms. The van der Waals surface area contributed by atoms with Crippen LogP contribution in [-0.2, 0) is 4.79 Å². The minimum atomic E-state index is -0.841. The van der Waals surface area contributed by atoms with Crippen LogP contribution >= 0.6 is 0 Å². The number of carboxylic acids is 1. The van der Waals surface area contributed by atoms with Gasteiger partial charge in [0, 0.05) is 18.5 Å². The van der Waals surface area contributed by atoms with Gasteiger partial charge in [-0.2, -0.15) is 0 Å². The molecule has 0 saturated carbocycles. The van der Waals surface area contributed by atoms with E-state index in [9.17, 15) is 9.90 Å². The topological polar surface area (TPSA) is 60.8 Å². The third-order valence-electron chi connectivity index (χ3n) is 2.43. The predicted octanol–water partition coefficient (Wildman–Crippen LogP) is 0.305. The van der Waals surface area contributed by atoms with Gasteiger partial charge in [-0.15, -0.1) is 0 Å². The fraction of sp³-hybridized carbons (Fsp3) is 0.889.